The first kappa shape index (κ1) is 27.8. The fourth-order valence-corrected chi connectivity index (χ4v) is 6.73. The van der Waals surface area contributed by atoms with Gasteiger partial charge in [0.2, 0.25) is 10.0 Å². The number of nitrogens with zero attached hydrogens (tertiary/aromatic N) is 3. The quantitative estimate of drug-likeness (QED) is 0.437. The number of rotatable bonds is 9. The summed E-state index contributed by atoms with van der Waals surface area (Å²) in [6, 6.07) is 5.49. The summed E-state index contributed by atoms with van der Waals surface area (Å²) < 4.78 is 55.5. The van der Waals surface area contributed by atoms with Gasteiger partial charge < -0.3 is 14.7 Å². The summed E-state index contributed by atoms with van der Waals surface area (Å²) >= 11 is 0. The number of para-hydroxylation sites is 1. The molecule has 1 N–H and O–H groups in total. The summed E-state index contributed by atoms with van der Waals surface area (Å²) in [5, 5.41) is 9.85. The minimum absolute atomic E-state index is 0.0729. The molecule has 200 valence electrons. The number of carbonyl (C=O) groups excluding carboxylic acids is 1. The Morgan fingerprint density at radius 1 is 1.14 bits per heavy atom. The number of carboxylic acid groups (broad SMARTS) is 1. The van der Waals surface area contributed by atoms with Crippen LogP contribution >= 0.6 is 0 Å². The highest BCUT2D eigenvalue weighted by Crippen LogP contribution is 2.38. The van der Waals surface area contributed by atoms with Gasteiger partial charge in [0.1, 0.15) is 6.61 Å². The molecule has 2 aliphatic rings. The van der Waals surface area contributed by atoms with Crippen LogP contribution in [0.15, 0.2) is 29.2 Å². The summed E-state index contributed by atoms with van der Waals surface area (Å²) in [6.45, 7) is -0.137. The Hall–Kier alpha value is -2.78. The smallest absolute Gasteiger partial charge is 0.409 e. The molecule has 0 saturated carbocycles. The molecule has 0 aliphatic carbocycles. The number of likely N-dealkylation sites (tertiary alicyclic amines) is 1. The molecular formula is C21H30N3O10S2+. The normalized spacial score (nSPS) is 23.3. The maximum absolute atomic E-state index is 13.4. The first-order chi connectivity index (χ1) is 16.8. The Balaban J connectivity index is 1.77. The van der Waals surface area contributed by atoms with Gasteiger partial charge in [-0.05, 0) is 30.7 Å². The van der Waals surface area contributed by atoms with E-state index in [1.807, 2.05) is 0 Å². The van der Waals surface area contributed by atoms with E-state index in [9.17, 15) is 36.4 Å². The highest BCUT2D eigenvalue weighted by atomic mass is 32.2. The fraction of sp³-hybridized carbons (Fsp3) is 0.619. The Morgan fingerprint density at radius 2 is 1.83 bits per heavy atom. The number of carboxylic acids is 1. The van der Waals surface area contributed by atoms with E-state index in [1.54, 1.807) is 0 Å². The van der Waals surface area contributed by atoms with Gasteiger partial charge in [0.15, 0.2) is 21.8 Å². The molecule has 36 heavy (non-hydrogen) atoms. The first-order valence-corrected chi connectivity index (χ1v) is 14.8. The van der Waals surface area contributed by atoms with Crippen molar-refractivity contribution in [3.63, 3.8) is 0 Å². The first-order valence-electron chi connectivity index (χ1n) is 11.3. The minimum Gasteiger partial charge on any atom is -0.481 e. The van der Waals surface area contributed by atoms with Crippen molar-refractivity contribution in [3.8, 4) is 0 Å². The van der Waals surface area contributed by atoms with Crippen molar-refractivity contribution >= 4 is 37.6 Å². The molecule has 2 aliphatic heterocycles. The highest BCUT2D eigenvalue weighted by Gasteiger charge is 2.48. The molecular weight excluding hydrogens is 518 g/mol. The second-order valence-electron chi connectivity index (χ2n) is 8.93. The largest absolute Gasteiger partial charge is 0.481 e. The molecule has 1 aromatic rings. The van der Waals surface area contributed by atoms with Crippen molar-refractivity contribution in [2.75, 3.05) is 51.9 Å². The van der Waals surface area contributed by atoms with Gasteiger partial charge in [0, 0.05) is 38.5 Å². The van der Waals surface area contributed by atoms with E-state index in [2.05, 4.69) is 4.84 Å². The predicted molar refractivity (Wildman–Crippen MR) is 125 cm³/mol. The van der Waals surface area contributed by atoms with Crippen molar-refractivity contribution in [1.82, 2.24) is 9.21 Å². The number of hydrogen-bond acceptors (Lipinski definition) is 9. The van der Waals surface area contributed by atoms with E-state index < -0.39 is 43.8 Å². The van der Waals surface area contributed by atoms with E-state index in [0.717, 1.165) is 17.7 Å². The maximum Gasteiger partial charge on any atom is 0.409 e. The molecule has 3 rings (SSSR count). The highest BCUT2D eigenvalue weighted by molar-refractivity contribution is 7.90. The summed E-state index contributed by atoms with van der Waals surface area (Å²) in [5.74, 6) is -3.36. The third-order valence-corrected chi connectivity index (χ3v) is 9.28. The lowest BCUT2D eigenvalue weighted by Crippen LogP contribution is -2.44. The number of ether oxygens (including phenoxy) is 1. The van der Waals surface area contributed by atoms with Crippen LogP contribution < -0.4 is 0 Å². The fourth-order valence-electron chi connectivity index (χ4n) is 4.69. The lowest BCUT2D eigenvalue weighted by Gasteiger charge is -2.36. The van der Waals surface area contributed by atoms with Crippen LogP contribution in [0.25, 0.3) is 0 Å². The second-order valence-corrected chi connectivity index (χ2v) is 13.1. The van der Waals surface area contributed by atoms with Crippen LogP contribution in [0.1, 0.15) is 12.8 Å². The van der Waals surface area contributed by atoms with Crippen molar-refractivity contribution < 1.29 is 46.0 Å². The molecule has 0 spiro atoms. The Morgan fingerprint density at radius 3 is 2.47 bits per heavy atom. The van der Waals surface area contributed by atoms with Crippen LogP contribution in [0.2, 0.25) is 0 Å². The van der Waals surface area contributed by atoms with E-state index in [0.29, 0.717) is 19.4 Å². The predicted octanol–water partition coefficient (Wildman–Crippen LogP) is 0.873. The number of benzene rings is 1. The van der Waals surface area contributed by atoms with Crippen molar-refractivity contribution in [3.05, 3.63) is 29.2 Å². The van der Waals surface area contributed by atoms with Gasteiger partial charge in [-0.3, -0.25) is 4.79 Å². The Kier molecular flexibility index (Phi) is 8.56. The van der Waals surface area contributed by atoms with Crippen molar-refractivity contribution in [2.45, 2.75) is 17.7 Å². The van der Waals surface area contributed by atoms with Crippen LogP contribution in [0, 0.1) is 22.7 Å². The zero-order chi connectivity index (χ0) is 26.7. The van der Waals surface area contributed by atoms with E-state index in [1.165, 1.54) is 29.2 Å². The molecule has 3 unspecified atom stereocenters. The number of hydrogen-bond donors (Lipinski definition) is 1. The summed E-state index contributed by atoms with van der Waals surface area (Å²) in [4.78, 5) is 42.3. The molecule has 0 radical (unpaired) electrons. The molecule has 2 heterocycles. The van der Waals surface area contributed by atoms with Crippen LogP contribution in [-0.4, -0.2) is 100 Å². The Bertz CT molecular complexity index is 1220. The molecule has 15 heteroatoms. The van der Waals surface area contributed by atoms with Crippen molar-refractivity contribution in [1.29, 1.82) is 0 Å². The summed E-state index contributed by atoms with van der Waals surface area (Å²) in [5.41, 5.74) is -0.226. The molecule has 1 amide bonds. The van der Waals surface area contributed by atoms with E-state index in [4.69, 9.17) is 4.74 Å². The van der Waals surface area contributed by atoms with Gasteiger partial charge in [-0.15, -0.1) is 0 Å². The number of carbonyl (C=O) groups is 2. The number of piperidine rings is 1. The molecule has 0 bridgehead atoms. The van der Waals surface area contributed by atoms with Gasteiger partial charge in [-0.2, -0.15) is 4.31 Å². The lowest BCUT2D eigenvalue weighted by molar-refractivity contribution is -0.738. The van der Waals surface area contributed by atoms with Gasteiger partial charge >= 0.3 is 17.7 Å². The van der Waals surface area contributed by atoms with E-state index in [-0.39, 0.29) is 53.4 Å². The van der Waals surface area contributed by atoms with Crippen LogP contribution in [-0.2, 0) is 34.2 Å². The molecule has 13 nitrogen and oxygen atoms in total. The molecule has 1 aromatic carbocycles. The zero-order valence-electron chi connectivity index (χ0n) is 20.0. The molecule has 3 atom stereocenters. The van der Waals surface area contributed by atoms with E-state index >= 15 is 0 Å². The van der Waals surface area contributed by atoms with Crippen molar-refractivity contribution in [2.24, 2.45) is 17.8 Å². The Labute approximate surface area is 209 Å². The van der Waals surface area contributed by atoms with Crippen LogP contribution in [0.5, 0.6) is 0 Å². The molecule has 0 aromatic heterocycles. The molecule has 2 fully saturated rings. The monoisotopic (exact) mass is 548 g/mol. The average Bonchev–Trinajstić information content (AvgIpc) is 3.30. The van der Waals surface area contributed by atoms with Gasteiger partial charge in [0.25, 0.3) is 4.92 Å². The maximum atomic E-state index is 13.4. The number of sulfonamides is 1. The zero-order valence-corrected chi connectivity index (χ0v) is 21.6. The number of aliphatic carboxylic acids is 1. The molecule has 2 saturated heterocycles. The number of amides is 1. The van der Waals surface area contributed by atoms with Gasteiger partial charge in [0.05, 0.1) is 16.6 Å². The third kappa shape index (κ3) is 6.31. The SMILES string of the molecule is CO[N+](=O)c1ccccc1S(=O)(=O)N1CC(C(=O)O)C(C2CCCN(C(=O)OCCS(C)(=O)=O)C2)C1. The third-order valence-electron chi connectivity index (χ3n) is 6.50. The summed E-state index contributed by atoms with van der Waals surface area (Å²) in [6.07, 6.45) is 1.49. The van der Waals surface area contributed by atoms with Gasteiger partial charge in [-0.1, -0.05) is 12.1 Å². The topological polar surface area (TPSA) is 168 Å². The van der Waals surface area contributed by atoms with Gasteiger partial charge in [-0.25, -0.2) is 26.5 Å². The standard InChI is InChI=1S/C21H29N3O10S2/c1-33-24(28)18-7-3-4-8-19(18)36(31,32)23-13-16(17(14-23)20(25)26)15-6-5-9-22(12-15)21(27)34-10-11-35(2,29)30/h3-4,7-8,15-17H,5-6,9-14H2,1-2H3/p+1. The number of sulfone groups is 1. The second kappa shape index (κ2) is 11.1. The van der Waals surface area contributed by atoms with Crippen LogP contribution in [0.3, 0.4) is 0 Å². The lowest BCUT2D eigenvalue weighted by atomic mass is 9.79. The average molecular weight is 549 g/mol. The van der Waals surface area contributed by atoms with Crippen LogP contribution in [0.4, 0.5) is 10.5 Å². The summed E-state index contributed by atoms with van der Waals surface area (Å²) in [7, 11) is -6.43. The minimum atomic E-state index is -4.23.